The number of nitrogens with zero attached hydrogens (tertiary/aromatic N) is 1. The zero-order chi connectivity index (χ0) is 21.9. The third-order valence-corrected chi connectivity index (χ3v) is 4.32. The third-order valence-electron chi connectivity index (χ3n) is 4.32. The summed E-state index contributed by atoms with van der Waals surface area (Å²) >= 11 is 0. The molecule has 3 rings (SSSR count). The van der Waals surface area contributed by atoms with Crippen molar-refractivity contribution in [2.75, 3.05) is 7.11 Å². The number of rotatable bonds is 5. The first-order chi connectivity index (χ1) is 14.2. The van der Waals surface area contributed by atoms with E-state index in [1.807, 2.05) is 0 Å². The molecule has 0 amide bonds. The molecule has 0 bridgehead atoms. The maximum atomic E-state index is 13.0. The van der Waals surface area contributed by atoms with Crippen molar-refractivity contribution in [2.24, 2.45) is 4.99 Å². The van der Waals surface area contributed by atoms with Crippen LogP contribution in [0.4, 0.5) is 18.9 Å². The minimum absolute atomic E-state index is 0.0108. The molecule has 1 aliphatic rings. The van der Waals surface area contributed by atoms with Crippen LogP contribution in [0, 0.1) is 0 Å². The number of hydrogen-bond donors (Lipinski definition) is 1. The van der Waals surface area contributed by atoms with Crippen molar-refractivity contribution >= 4 is 23.1 Å². The smallest absolute Gasteiger partial charge is 0.416 e. The SMILES string of the molecule is COC=C(C(=O)O)c1ccccc1COC1=Nc2cc(C(F)(F)F)ccc2OC1C. The molecule has 0 saturated heterocycles. The van der Waals surface area contributed by atoms with E-state index in [4.69, 9.17) is 14.2 Å². The van der Waals surface area contributed by atoms with Crippen molar-refractivity contribution in [1.29, 1.82) is 0 Å². The van der Waals surface area contributed by atoms with Crippen LogP contribution in [0.2, 0.25) is 0 Å². The second-order valence-electron chi connectivity index (χ2n) is 6.41. The van der Waals surface area contributed by atoms with Crippen LogP contribution in [0.25, 0.3) is 5.57 Å². The Morgan fingerprint density at radius 1 is 1.27 bits per heavy atom. The van der Waals surface area contributed by atoms with E-state index in [9.17, 15) is 23.1 Å². The summed E-state index contributed by atoms with van der Waals surface area (Å²) in [5, 5.41) is 9.42. The lowest BCUT2D eigenvalue weighted by atomic mass is 10.0. The highest BCUT2D eigenvalue weighted by Gasteiger charge is 2.32. The molecule has 1 unspecified atom stereocenters. The van der Waals surface area contributed by atoms with Crippen molar-refractivity contribution in [3.05, 3.63) is 65.4 Å². The second kappa shape index (κ2) is 8.48. The molecule has 0 aliphatic carbocycles. The molecule has 1 aliphatic heterocycles. The van der Waals surface area contributed by atoms with Crippen molar-refractivity contribution in [2.45, 2.75) is 25.8 Å². The fourth-order valence-electron chi connectivity index (χ4n) is 2.89. The molecule has 2 aromatic carbocycles. The number of aliphatic carboxylic acids is 1. The number of carboxylic acid groups (broad SMARTS) is 1. The Balaban J connectivity index is 1.87. The number of alkyl halides is 3. The lowest BCUT2D eigenvalue weighted by Gasteiger charge is -2.24. The summed E-state index contributed by atoms with van der Waals surface area (Å²) < 4.78 is 55.0. The van der Waals surface area contributed by atoms with Gasteiger partial charge in [-0.2, -0.15) is 13.2 Å². The molecular formula is C21H18F3NO5. The van der Waals surface area contributed by atoms with Gasteiger partial charge in [0.15, 0.2) is 6.10 Å². The molecule has 1 atom stereocenters. The highest BCUT2D eigenvalue weighted by atomic mass is 19.4. The van der Waals surface area contributed by atoms with E-state index in [0.29, 0.717) is 11.1 Å². The van der Waals surface area contributed by atoms with Crippen LogP contribution in [0.15, 0.2) is 53.7 Å². The first kappa shape index (κ1) is 21.2. The lowest BCUT2D eigenvalue weighted by Crippen LogP contribution is -2.29. The van der Waals surface area contributed by atoms with Crippen LogP contribution in [-0.4, -0.2) is 30.2 Å². The molecule has 9 heteroatoms. The normalized spacial score (nSPS) is 16.2. The second-order valence-corrected chi connectivity index (χ2v) is 6.41. The maximum Gasteiger partial charge on any atom is 0.416 e. The number of carbonyl (C=O) groups is 1. The maximum absolute atomic E-state index is 13.0. The van der Waals surface area contributed by atoms with Crippen LogP contribution in [0.3, 0.4) is 0 Å². The standard InChI is InChI=1S/C21H18F3NO5/c1-12-19(25-17-9-14(21(22,23)24)7-8-18(17)30-12)29-10-13-5-3-4-6-15(13)16(11-28-2)20(26)27/h3-9,11-12H,10H2,1-2H3,(H,26,27). The Labute approximate surface area is 170 Å². The number of halogens is 3. The van der Waals surface area contributed by atoms with E-state index in [1.54, 1.807) is 31.2 Å². The number of methoxy groups -OCH3 is 1. The van der Waals surface area contributed by atoms with E-state index in [2.05, 4.69) is 4.99 Å². The number of carboxylic acids is 1. The minimum Gasteiger partial charge on any atom is -0.503 e. The molecule has 0 saturated carbocycles. The van der Waals surface area contributed by atoms with Gasteiger partial charge >= 0.3 is 12.1 Å². The Bertz CT molecular complexity index is 1010. The predicted molar refractivity (Wildman–Crippen MR) is 102 cm³/mol. The Kier molecular flexibility index (Phi) is 6.00. The summed E-state index contributed by atoms with van der Waals surface area (Å²) in [6.45, 7) is 1.59. The van der Waals surface area contributed by atoms with Crippen molar-refractivity contribution in [3.63, 3.8) is 0 Å². The van der Waals surface area contributed by atoms with Gasteiger partial charge in [-0.3, -0.25) is 0 Å². The van der Waals surface area contributed by atoms with Crippen LogP contribution in [0.5, 0.6) is 5.75 Å². The Morgan fingerprint density at radius 2 is 2.00 bits per heavy atom. The number of fused-ring (bicyclic) bond motifs is 1. The number of hydrogen-bond acceptors (Lipinski definition) is 5. The summed E-state index contributed by atoms with van der Waals surface area (Å²) in [4.78, 5) is 15.7. The highest BCUT2D eigenvalue weighted by Crippen LogP contribution is 2.39. The van der Waals surface area contributed by atoms with Crippen LogP contribution < -0.4 is 4.74 Å². The van der Waals surface area contributed by atoms with Crippen molar-refractivity contribution in [3.8, 4) is 5.75 Å². The number of ether oxygens (including phenoxy) is 3. The fraction of sp³-hybridized carbons (Fsp3) is 0.238. The van der Waals surface area contributed by atoms with Crippen molar-refractivity contribution < 1.29 is 37.3 Å². The minimum atomic E-state index is -4.51. The van der Waals surface area contributed by atoms with Crippen molar-refractivity contribution in [1.82, 2.24) is 0 Å². The number of benzene rings is 2. The monoisotopic (exact) mass is 421 g/mol. The molecule has 1 N–H and O–H groups in total. The van der Waals surface area contributed by atoms with Gasteiger partial charge in [-0.25, -0.2) is 9.79 Å². The summed E-state index contributed by atoms with van der Waals surface area (Å²) in [7, 11) is 1.34. The van der Waals surface area contributed by atoms with Gasteiger partial charge in [0, 0.05) is 0 Å². The van der Waals surface area contributed by atoms with Crippen LogP contribution in [-0.2, 0) is 27.1 Å². The molecule has 0 radical (unpaired) electrons. The highest BCUT2D eigenvalue weighted by molar-refractivity contribution is 6.15. The average Bonchev–Trinajstić information content (AvgIpc) is 2.69. The van der Waals surface area contributed by atoms with Gasteiger partial charge in [0.2, 0.25) is 5.90 Å². The first-order valence-electron chi connectivity index (χ1n) is 8.84. The molecule has 0 fully saturated rings. The summed E-state index contributed by atoms with van der Waals surface area (Å²) in [6, 6.07) is 9.70. The Morgan fingerprint density at radius 3 is 2.67 bits per heavy atom. The Hall–Kier alpha value is -3.49. The van der Waals surface area contributed by atoms with E-state index in [-0.39, 0.29) is 29.5 Å². The predicted octanol–water partition coefficient (Wildman–Crippen LogP) is 4.81. The summed E-state index contributed by atoms with van der Waals surface area (Å²) in [5.74, 6) is -0.867. The van der Waals surface area contributed by atoms with Gasteiger partial charge in [0.25, 0.3) is 0 Å². The van der Waals surface area contributed by atoms with Crippen LogP contribution in [0.1, 0.15) is 23.6 Å². The molecule has 6 nitrogen and oxygen atoms in total. The van der Waals surface area contributed by atoms with Gasteiger partial charge in [-0.1, -0.05) is 24.3 Å². The molecule has 0 aromatic heterocycles. The van der Waals surface area contributed by atoms with E-state index in [1.165, 1.54) is 13.2 Å². The average molecular weight is 421 g/mol. The van der Waals surface area contributed by atoms with Crippen LogP contribution >= 0.6 is 0 Å². The van der Waals surface area contributed by atoms with Gasteiger partial charge in [0.05, 0.1) is 18.9 Å². The first-order valence-corrected chi connectivity index (χ1v) is 8.84. The van der Waals surface area contributed by atoms with Gasteiger partial charge < -0.3 is 19.3 Å². The third kappa shape index (κ3) is 4.56. The lowest BCUT2D eigenvalue weighted by molar-refractivity contribution is -0.137. The molecule has 1 heterocycles. The van der Waals surface area contributed by atoms with Gasteiger partial charge in [0.1, 0.15) is 23.6 Å². The molecule has 158 valence electrons. The van der Waals surface area contributed by atoms with Gasteiger partial charge in [-0.15, -0.1) is 0 Å². The molecule has 0 spiro atoms. The summed E-state index contributed by atoms with van der Waals surface area (Å²) in [5.41, 5.74) is 0.0247. The van der Waals surface area contributed by atoms with E-state index < -0.39 is 23.8 Å². The zero-order valence-electron chi connectivity index (χ0n) is 16.1. The summed E-state index contributed by atoms with van der Waals surface area (Å²) in [6.07, 6.45) is -4.02. The quantitative estimate of drug-likeness (QED) is 0.554. The molecule has 2 aromatic rings. The topological polar surface area (TPSA) is 77.4 Å². The van der Waals surface area contributed by atoms with E-state index in [0.717, 1.165) is 18.4 Å². The zero-order valence-corrected chi connectivity index (χ0v) is 16.1. The number of aliphatic imine (C=N–C) groups is 1. The fourth-order valence-corrected chi connectivity index (χ4v) is 2.89. The van der Waals surface area contributed by atoms with Gasteiger partial charge in [-0.05, 0) is 36.2 Å². The van der Waals surface area contributed by atoms with E-state index >= 15 is 0 Å². The molecule has 30 heavy (non-hydrogen) atoms. The largest absolute Gasteiger partial charge is 0.503 e. The molecular weight excluding hydrogens is 403 g/mol.